The molecule has 1 N–H and O–H groups in total. The molecule has 0 spiro atoms. The Hall–Kier alpha value is -1.88. The maximum atomic E-state index is 10.4. The maximum Gasteiger partial charge on any atom is 0.119 e. The summed E-state index contributed by atoms with van der Waals surface area (Å²) in [6.07, 6.45) is -0.554. The Kier molecular flexibility index (Phi) is 7.92. The van der Waals surface area contributed by atoms with E-state index in [2.05, 4.69) is 36.9 Å². The molecule has 136 valence electrons. The first-order valence-electron chi connectivity index (χ1n) is 8.72. The van der Waals surface area contributed by atoms with Crippen molar-refractivity contribution in [2.24, 2.45) is 0 Å². The molecule has 0 radical (unpaired) electrons. The van der Waals surface area contributed by atoms with E-state index < -0.39 is 6.10 Å². The highest BCUT2D eigenvalue weighted by atomic mass is 16.5. The quantitative estimate of drug-likeness (QED) is 0.719. The average molecular weight is 343 g/mol. The van der Waals surface area contributed by atoms with Crippen molar-refractivity contribution in [3.8, 4) is 5.75 Å². The van der Waals surface area contributed by atoms with Gasteiger partial charge < -0.3 is 14.6 Å². The van der Waals surface area contributed by atoms with Gasteiger partial charge >= 0.3 is 0 Å². The Balaban J connectivity index is 1.93. The number of para-hydroxylation sites is 1. The standard InChI is InChI=1S/C21H29NO3/c1-17-9-10-18(2)19(13-17)14-22(11-12-24-3)15-20(23)16-25-21-7-5-4-6-8-21/h4-10,13,20,23H,11-12,14-16H2,1-3H3. The fourth-order valence-electron chi connectivity index (χ4n) is 2.73. The first kappa shape index (κ1) is 19.4. The Morgan fingerprint density at radius 2 is 1.84 bits per heavy atom. The van der Waals surface area contributed by atoms with Gasteiger partial charge in [0.2, 0.25) is 0 Å². The number of aryl methyl sites for hydroxylation is 2. The first-order valence-corrected chi connectivity index (χ1v) is 8.72. The van der Waals surface area contributed by atoms with Gasteiger partial charge in [0.25, 0.3) is 0 Å². The molecule has 2 aromatic rings. The van der Waals surface area contributed by atoms with E-state index >= 15 is 0 Å². The van der Waals surface area contributed by atoms with Crippen LogP contribution in [-0.2, 0) is 11.3 Å². The molecule has 4 nitrogen and oxygen atoms in total. The largest absolute Gasteiger partial charge is 0.491 e. The zero-order chi connectivity index (χ0) is 18.1. The topological polar surface area (TPSA) is 41.9 Å². The van der Waals surface area contributed by atoms with E-state index in [1.165, 1.54) is 16.7 Å². The number of hydrogen-bond donors (Lipinski definition) is 1. The molecule has 0 aliphatic rings. The number of nitrogens with zero attached hydrogens (tertiary/aromatic N) is 1. The molecule has 1 atom stereocenters. The van der Waals surface area contributed by atoms with Gasteiger partial charge in [-0.1, -0.05) is 42.0 Å². The summed E-state index contributed by atoms with van der Waals surface area (Å²) in [7, 11) is 1.70. The molecule has 0 aliphatic carbocycles. The van der Waals surface area contributed by atoms with Crippen LogP contribution in [0.2, 0.25) is 0 Å². The molecule has 25 heavy (non-hydrogen) atoms. The Morgan fingerprint density at radius 3 is 2.56 bits per heavy atom. The summed E-state index contributed by atoms with van der Waals surface area (Å²) in [6, 6.07) is 16.1. The van der Waals surface area contributed by atoms with E-state index in [0.29, 0.717) is 13.2 Å². The second-order valence-corrected chi connectivity index (χ2v) is 6.44. The summed E-state index contributed by atoms with van der Waals surface area (Å²) in [6.45, 7) is 7.25. The minimum atomic E-state index is -0.554. The molecule has 0 aromatic heterocycles. The lowest BCUT2D eigenvalue weighted by molar-refractivity contribution is 0.0541. The first-order chi connectivity index (χ1) is 12.1. The zero-order valence-corrected chi connectivity index (χ0v) is 15.4. The third-order valence-corrected chi connectivity index (χ3v) is 4.16. The lowest BCUT2D eigenvalue weighted by Gasteiger charge is -2.26. The number of aliphatic hydroxyl groups excluding tert-OH is 1. The van der Waals surface area contributed by atoms with Gasteiger partial charge in [-0.05, 0) is 37.1 Å². The van der Waals surface area contributed by atoms with E-state index in [-0.39, 0.29) is 6.61 Å². The number of methoxy groups -OCH3 is 1. The van der Waals surface area contributed by atoms with E-state index in [9.17, 15) is 5.11 Å². The van der Waals surface area contributed by atoms with Gasteiger partial charge in [-0.3, -0.25) is 4.90 Å². The Morgan fingerprint density at radius 1 is 1.08 bits per heavy atom. The van der Waals surface area contributed by atoms with Crippen molar-refractivity contribution in [1.82, 2.24) is 4.90 Å². The SMILES string of the molecule is COCCN(Cc1cc(C)ccc1C)CC(O)COc1ccccc1. The van der Waals surface area contributed by atoms with Gasteiger partial charge in [0, 0.05) is 26.7 Å². The number of hydrogen-bond acceptors (Lipinski definition) is 4. The van der Waals surface area contributed by atoms with Crippen molar-refractivity contribution < 1.29 is 14.6 Å². The number of ether oxygens (including phenoxy) is 2. The van der Waals surface area contributed by atoms with Gasteiger partial charge in [0.05, 0.1) is 6.61 Å². The van der Waals surface area contributed by atoms with Crippen molar-refractivity contribution in [2.75, 3.05) is 33.4 Å². The average Bonchev–Trinajstić information content (AvgIpc) is 2.62. The van der Waals surface area contributed by atoms with Crippen LogP contribution in [0.1, 0.15) is 16.7 Å². The lowest BCUT2D eigenvalue weighted by Crippen LogP contribution is -2.37. The lowest BCUT2D eigenvalue weighted by atomic mass is 10.1. The van der Waals surface area contributed by atoms with Gasteiger partial charge in [-0.25, -0.2) is 0 Å². The Bertz CT molecular complexity index is 630. The Labute approximate surface area is 151 Å². The fraction of sp³-hybridized carbons (Fsp3) is 0.429. The van der Waals surface area contributed by atoms with Gasteiger partial charge in [0.1, 0.15) is 18.5 Å². The molecular formula is C21H29NO3. The van der Waals surface area contributed by atoms with Crippen LogP contribution in [0.5, 0.6) is 5.75 Å². The molecule has 0 heterocycles. The molecule has 0 amide bonds. The second kappa shape index (κ2) is 10.2. The van der Waals surface area contributed by atoms with Crippen LogP contribution >= 0.6 is 0 Å². The van der Waals surface area contributed by atoms with Crippen LogP contribution in [0.25, 0.3) is 0 Å². The zero-order valence-electron chi connectivity index (χ0n) is 15.4. The summed E-state index contributed by atoms with van der Waals surface area (Å²) < 4.78 is 10.9. The normalized spacial score (nSPS) is 12.4. The van der Waals surface area contributed by atoms with Gasteiger partial charge in [-0.15, -0.1) is 0 Å². The van der Waals surface area contributed by atoms with E-state index in [0.717, 1.165) is 18.8 Å². The molecular weight excluding hydrogens is 314 g/mol. The fourth-order valence-corrected chi connectivity index (χ4v) is 2.73. The van der Waals surface area contributed by atoms with Crippen molar-refractivity contribution >= 4 is 0 Å². The third kappa shape index (κ3) is 6.86. The van der Waals surface area contributed by atoms with Crippen LogP contribution < -0.4 is 4.74 Å². The number of aliphatic hydroxyl groups is 1. The minimum absolute atomic E-state index is 0.278. The predicted molar refractivity (Wildman–Crippen MR) is 101 cm³/mol. The summed E-state index contributed by atoms with van der Waals surface area (Å²) in [5, 5.41) is 10.4. The molecule has 0 fully saturated rings. The second-order valence-electron chi connectivity index (χ2n) is 6.44. The summed E-state index contributed by atoms with van der Waals surface area (Å²) in [5.74, 6) is 0.777. The summed E-state index contributed by atoms with van der Waals surface area (Å²) in [4.78, 5) is 2.21. The molecule has 1 unspecified atom stereocenters. The minimum Gasteiger partial charge on any atom is -0.491 e. The van der Waals surface area contributed by atoms with Crippen LogP contribution in [-0.4, -0.2) is 49.5 Å². The summed E-state index contributed by atoms with van der Waals surface area (Å²) in [5.41, 5.74) is 3.80. The highest BCUT2D eigenvalue weighted by Crippen LogP contribution is 2.14. The molecule has 2 rings (SSSR count). The van der Waals surface area contributed by atoms with Crippen molar-refractivity contribution in [3.63, 3.8) is 0 Å². The smallest absolute Gasteiger partial charge is 0.119 e. The van der Waals surface area contributed by atoms with Gasteiger partial charge in [-0.2, -0.15) is 0 Å². The molecule has 2 aromatic carbocycles. The van der Waals surface area contributed by atoms with Gasteiger partial charge in [0.15, 0.2) is 0 Å². The molecule has 0 saturated carbocycles. The van der Waals surface area contributed by atoms with E-state index in [1.807, 2.05) is 30.3 Å². The van der Waals surface area contributed by atoms with E-state index in [1.54, 1.807) is 7.11 Å². The van der Waals surface area contributed by atoms with E-state index in [4.69, 9.17) is 9.47 Å². The molecule has 0 saturated heterocycles. The van der Waals surface area contributed by atoms with Crippen LogP contribution in [0.3, 0.4) is 0 Å². The monoisotopic (exact) mass is 343 g/mol. The van der Waals surface area contributed by atoms with Crippen molar-refractivity contribution in [3.05, 3.63) is 65.2 Å². The van der Waals surface area contributed by atoms with Crippen LogP contribution in [0, 0.1) is 13.8 Å². The van der Waals surface area contributed by atoms with Crippen LogP contribution in [0.4, 0.5) is 0 Å². The van der Waals surface area contributed by atoms with Crippen molar-refractivity contribution in [1.29, 1.82) is 0 Å². The summed E-state index contributed by atoms with van der Waals surface area (Å²) >= 11 is 0. The highest BCUT2D eigenvalue weighted by Gasteiger charge is 2.14. The molecule has 0 aliphatic heterocycles. The molecule has 4 heteroatoms. The van der Waals surface area contributed by atoms with Crippen LogP contribution in [0.15, 0.2) is 48.5 Å². The maximum absolute atomic E-state index is 10.4. The molecule has 0 bridgehead atoms. The number of rotatable bonds is 10. The highest BCUT2D eigenvalue weighted by molar-refractivity contribution is 5.30. The number of benzene rings is 2. The third-order valence-electron chi connectivity index (χ3n) is 4.16. The predicted octanol–water partition coefficient (Wildman–Crippen LogP) is 3.19. The van der Waals surface area contributed by atoms with Crippen molar-refractivity contribution in [2.45, 2.75) is 26.5 Å².